The standard InChI is InChI=1S/C24H39N5O7S/c1-14(30)20(29-21(32)17(26)13-15-6-8-16(31)9-7-15)23(34)27-18(10-12-37-2)22(33)28-19(24(35)36)5-3-4-11-25/h6-9,14,17-20,30-31H,3-5,10-13,25-26H2,1-2H3,(H,27,34)(H,28,33)(H,29,32)(H,35,36). The first kappa shape index (κ1) is 32.2. The molecule has 0 aliphatic carbocycles. The molecule has 0 spiro atoms. The van der Waals surface area contributed by atoms with Gasteiger partial charge in [0.25, 0.3) is 0 Å². The molecule has 0 aliphatic rings. The third-order valence-corrected chi connectivity index (χ3v) is 6.24. The molecule has 3 amide bonds. The van der Waals surface area contributed by atoms with Crippen molar-refractivity contribution in [1.82, 2.24) is 16.0 Å². The molecule has 37 heavy (non-hydrogen) atoms. The second kappa shape index (κ2) is 16.8. The molecule has 10 N–H and O–H groups in total. The molecule has 0 aromatic heterocycles. The number of carbonyl (C=O) groups is 4. The number of unbranched alkanes of at least 4 members (excludes halogenated alkanes) is 1. The number of thioether (sulfide) groups is 1. The van der Waals surface area contributed by atoms with Crippen molar-refractivity contribution in [3.63, 3.8) is 0 Å². The van der Waals surface area contributed by atoms with Crippen LogP contribution in [0.15, 0.2) is 24.3 Å². The Bertz CT molecular complexity index is 885. The Morgan fingerprint density at radius 2 is 1.57 bits per heavy atom. The number of aliphatic hydroxyl groups is 1. The summed E-state index contributed by atoms with van der Waals surface area (Å²) in [4.78, 5) is 50.1. The highest BCUT2D eigenvalue weighted by Gasteiger charge is 2.32. The van der Waals surface area contributed by atoms with Crippen LogP contribution in [0, 0.1) is 0 Å². The number of benzene rings is 1. The van der Waals surface area contributed by atoms with Crippen LogP contribution in [0.25, 0.3) is 0 Å². The summed E-state index contributed by atoms with van der Waals surface area (Å²) in [6, 6.07) is 1.46. The number of carbonyl (C=O) groups excluding carboxylic acids is 3. The molecule has 0 fully saturated rings. The molecule has 0 aliphatic heterocycles. The van der Waals surface area contributed by atoms with Gasteiger partial charge in [-0.25, -0.2) is 4.79 Å². The molecule has 5 atom stereocenters. The normalized spacial score (nSPS) is 15.1. The minimum Gasteiger partial charge on any atom is -0.508 e. The molecule has 0 saturated heterocycles. The Kier molecular flexibility index (Phi) is 14.6. The Morgan fingerprint density at radius 3 is 2.11 bits per heavy atom. The number of rotatable bonds is 17. The third kappa shape index (κ3) is 11.8. The maximum Gasteiger partial charge on any atom is 0.326 e. The van der Waals surface area contributed by atoms with Gasteiger partial charge in [0.1, 0.15) is 23.9 Å². The molecule has 12 nitrogen and oxygen atoms in total. The van der Waals surface area contributed by atoms with Crippen LogP contribution in [0.5, 0.6) is 5.75 Å². The van der Waals surface area contributed by atoms with Crippen LogP contribution in [0.4, 0.5) is 0 Å². The number of aliphatic hydroxyl groups excluding tert-OH is 1. The van der Waals surface area contributed by atoms with Gasteiger partial charge in [-0.15, -0.1) is 0 Å². The lowest BCUT2D eigenvalue weighted by molar-refractivity contribution is -0.142. The SMILES string of the molecule is CSCCC(NC(=O)C(NC(=O)C(N)Cc1ccc(O)cc1)C(C)O)C(=O)NC(CCCCN)C(=O)O. The van der Waals surface area contributed by atoms with E-state index in [1.165, 1.54) is 30.8 Å². The number of phenolic OH excluding ortho intramolecular Hbond substituents is 1. The molecule has 1 aromatic carbocycles. The molecule has 208 valence electrons. The Balaban J connectivity index is 2.87. The van der Waals surface area contributed by atoms with Gasteiger partial charge in [-0.2, -0.15) is 11.8 Å². The van der Waals surface area contributed by atoms with E-state index in [2.05, 4.69) is 16.0 Å². The first-order valence-corrected chi connectivity index (χ1v) is 13.4. The number of hydrogen-bond acceptors (Lipinski definition) is 9. The summed E-state index contributed by atoms with van der Waals surface area (Å²) in [6.45, 7) is 1.71. The molecular weight excluding hydrogens is 502 g/mol. The molecular formula is C24H39N5O7S. The summed E-state index contributed by atoms with van der Waals surface area (Å²) in [7, 11) is 0. The van der Waals surface area contributed by atoms with Gasteiger partial charge >= 0.3 is 5.97 Å². The van der Waals surface area contributed by atoms with Crippen LogP contribution < -0.4 is 27.4 Å². The summed E-state index contributed by atoms with van der Waals surface area (Å²) < 4.78 is 0. The highest BCUT2D eigenvalue weighted by Crippen LogP contribution is 2.11. The van der Waals surface area contributed by atoms with Crippen LogP contribution in [-0.4, -0.2) is 87.8 Å². The molecule has 0 heterocycles. The number of phenols is 1. The maximum atomic E-state index is 13.0. The zero-order chi connectivity index (χ0) is 28.0. The first-order chi connectivity index (χ1) is 17.5. The Hall–Kier alpha value is -2.87. The average molecular weight is 542 g/mol. The molecule has 1 aromatic rings. The molecule has 0 saturated carbocycles. The number of nitrogens with one attached hydrogen (secondary N) is 3. The quantitative estimate of drug-likeness (QED) is 0.113. The van der Waals surface area contributed by atoms with Crippen molar-refractivity contribution in [3.8, 4) is 5.75 Å². The summed E-state index contributed by atoms with van der Waals surface area (Å²) in [5, 5.41) is 36.4. The topological polar surface area (TPSA) is 217 Å². The Morgan fingerprint density at radius 1 is 0.946 bits per heavy atom. The van der Waals surface area contributed by atoms with Crippen molar-refractivity contribution in [2.24, 2.45) is 11.5 Å². The van der Waals surface area contributed by atoms with Crippen molar-refractivity contribution in [2.75, 3.05) is 18.6 Å². The molecule has 5 unspecified atom stereocenters. The van der Waals surface area contributed by atoms with E-state index in [0.717, 1.165) is 0 Å². The lowest BCUT2D eigenvalue weighted by Crippen LogP contribution is -2.60. The van der Waals surface area contributed by atoms with E-state index in [1.807, 2.05) is 6.26 Å². The predicted octanol–water partition coefficient (Wildman–Crippen LogP) is -0.936. The number of carboxylic acid groups (broad SMARTS) is 1. The minimum absolute atomic E-state index is 0.0675. The van der Waals surface area contributed by atoms with Crippen molar-refractivity contribution in [1.29, 1.82) is 0 Å². The van der Waals surface area contributed by atoms with Gasteiger partial charge in [0.15, 0.2) is 0 Å². The lowest BCUT2D eigenvalue weighted by atomic mass is 10.0. The van der Waals surface area contributed by atoms with Gasteiger partial charge in [0, 0.05) is 0 Å². The van der Waals surface area contributed by atoms with E-state index in [4.69, 9.17) is 11.5 Å². The van der Waals surface area contributed by atoms with Crippen molar-refractivity contribution in [2.45, 2.75) is 69.3 Å². The fourth-order valence-corrected chi connectivity index (χ4v) is 3.90. The van der Waals surface area contributed by atoms with E-state index >= 15 is 0 Å². The molecule has 0 bridgehead atoms. The van der Waals surface area contributed by atoms with Crippen LogP contribution >= 0.6 is 11.8 Å². The zero-order valence-electron chi connectivity index (χ0n) is 21.2. The van der Waals surface area contributed by atoms with E-state index in [0.29, 0.717) is 30.7 Å². The van der Waals surface area contributed by atoms with Gasteiger partial charge in [-0.05, 0) is 75.3 Å². The minimum atomic E-state index is -1.40. The number of carboxylic acids is 1. The van der Waals surface area contributed by atoms with Gasteiger partial charge in [-0.1, -0.05) is 12.1 Å². The predicted molar refractivity (Wildman–Crippen MR) is 141 cm³/mol. The largest absolute Gasteiger partial charge is 0.508 e. The third-order valence-electron chi connectivity index (χ3n) is 5.60. The number of hydrogen-bond donors (Lipinski definition) is 8. The number of amides is 3. The van der Waals surface area contributed by atoms with Crippen molar-refractivity contribution in [3.05, 3.63) is 29.8 Å². The fraction of sp³-hybridized carbons (Fsp3) is 0.583. The smallest absolute Gasteiger partial charge is 0.326 e. The first-order valence-electron chi connectivity index (χ1n) is 12.0. The molecule has 0 radical (unpaired) electrons. The van der Waals surface area contributed by atoms with Crippen LogP contribution in [0.1, 0.15) is 38.2 Å². The Labute approximate surface area is 220 Å². The summed E-state index contributed by atoms with van der Waals surface area (Å²) >= 11 is 1.43. The molecule has 13 heteroatoms. The van der Waals surface area contributed by atoms with Crippen molar-refractivity contribution >= 4 is 35.5 Å². The number of aromatic hydroxyl groups is 1. The molecule has 1 rings (SSSR count). The van der Waals surface area contributed by atoms with Crippen LogP contribution in [0.2, 0.25) is 0 Å². The van der Waals surface area contributed by atoms with Gasteiger partial charge in [0.05, 0.1) is 12.1 Å². The van der Waals surface area contributed by atoms with E-state index in [-0.39, 0.29) is 25.0 Å². The van der Waals surface area contributed by atoms with E-state index in [9.17, 15) is 34.5 Å². The van der Waals surface area contributed by atoms with Gasteiger partial charge < -0.3 is 42.7 Å². The summed E-state index contributed by atoms with van der Waals surface area (Å²) in [6.07, 6.45) is 2.14. The second-order valence-electron chi connectivity index (χ2n) is 8.73. The van der Waals surface area contributed by atoms with Gasteiger partial charge in [-0.3, -0.25) is 14.4 Å². The highest BCUT2D eigenvalue weighted by atomic mass is 32.2. The maximum absolute atomic E-state index is 13.0. The van der Waals surface area contributed by atoms with E-state index in [1.54, 1.807) is 12.1 Å². The fourth-order valence-electron chi connectivity index (χ4n) is 3.43. The lowest BCUT2D eigenvalue weighted by Gasteiger charge is -2.26. The average Bonchev–Trinajstić information content (AvgIpc) is 2.85. The number of aliphatic carboxylic acids is 1. The van der Waals surface area contributed by atoms with E-state index < -0.39 is 54.0 Å². The zero-order valence-corrected chi connectivity index (χ0v) is 22.0. The van der Waals surface area contributed by atoms with Crippen LogP contribution in [0.3, 0.4) is 0 Å². The highest BCUT2D eigenvalue weighted by molar-refractivity contribution is 7.98. The second-order valence-corrected chi connectivity index (χ2v) is 9.72. The summed E-state index contributed by atoms with van der Waals surface area (Å²) in [5.74, 6) is -2.81. The van der Waals surface area contributed by atoms with Crippen molar-refractivity contribution < 1.29 is 34.5 Å². The number of nitrogens with two attached hydrogens (primary N) is 2. The monoisotopic (exact) mass is 541 g/mol. The summed E-state index contributed by atoms with van der Waals surface area (Å²) in [5.41, 5.74) is 12.1. The van der Waals surface area contributed by atoms with Gasteiger partial charge in [0.2, 0.25) is 17.7 Å². The van der Waals surface area contributed by atoms with Crippen LogP contribution in [-0.2, 0) is 25.6 Å².